The Labute approximate surface area is 111 Å². The third-order valence-electron chi connectivity index (χ3n) is 3.84. The predicted molar refractivity (Wildman–Crippen MR) is 70.4 cm³/mol. The van der Waals surface area contributed by atoms with Crippen LogP contribution in [0.5, 0.6) is 0 Å². The summed E-state index contributed by atoms with van der Waals surface area (Å²) in [5.41, 5.74) is 0. The number of thioether (sulfide) groups is 1. The van der Waals surface area contributed by atoms with Crippen molar-refractivity contribution in [3.05, 3.63) is 0 Å². The first kappa shape index (κ1) is 13.7. The van der Waals surface area contributed by atoms with Crippen molar-refractivity contribution in [2.75, 3.05) is 18.2 Å². The van der Waals surface area contributed by atoms with Gasteiger partial charge in [0.1, 0.15) is 6.04 Å². The number of carbonyl (C=O) groups excluding carboxylic acids is 1. The molecule has 0 radical (unpaired) electrons. The summed E-state index contributed by atoms with van der Waals surface area (Å²) < 4.78 is 0. The lowest BCUT2D eigenvalue weighted by Gasteiger charge is -2.32. The van der Waals surface area contributed by atoms with E-state index in [2.05, 4.69) is 12.2 Å². The molecule has 2 fully saturated rings. The number of rotatable bonds is 3. The van der Waals surface area contributed by atoms with Crippen LogP contribution in [0, 0.1) is 5.92 Å². The number of hydrogen-bond donors (Lipinski definition) is 2. The summed E-state index contributed by atoms with van der Waals surface area (Å²) in [5.74, 6) is 0.663. The molecule has 6 heteroatoms. The number of carboxylic acid groups (broad SMARTS) is 1. The van der Waals surface area contributed by atoms with E-state index >= 15 is 0 Å². The summed E-state index contributed by atoms with van der Waals surface area (Å²) in [6, 6.07) is -0.837. The Hall–Kier alpha value is -0.750. The number of amides is 1. The van der Waals surface area contributed by atoms with Crippen molar-refractivity contribution < 1.29 is 14.7 Å². The minimum Gasteiger partial charge on any atom is -0.480 e. The SMILES string of the molecule is CCC1CCNC(C(=O)N2CSC[C@H]2C(=O)O)C1. The lowest BCUT2D eigenvalue weighted by Crippen LogP contribution is -2.53. The van der Waals surface area contributed by atoms with Gasteiger partial charge in [-0.05, 0) is 25.3 Å². The molecular formula is C12H20N2O3S. The second-order valence-corrected chi connectivity index (χ2v) is 5.97. The average molecular weight is 272 g/mol. The van der Waals surface area contributed by atoms with E-state index in [9.17, 15) is 9.59 Å². The lowest BCUT2D eigenvalue weighted by atomic mass is 9.90. The van der Waals surface area contributed by atoms with Crippen molar-refractivity contribution in [3.63, 3.8) is 0 Å². The monoisotopic (exact) mass is 272 g/mol. The molecule has 2 aliphatic rings. The first-order chi connectivity index (χ1) is 8.63. The third kappa shape index (κ3) is 2.80. The smallest absolute Gasteiger partial charge is 0.327 e. The lowest BCUT2D eigenvalue weighted by molar-refractivity contribution is -0.148. The second-order valence-electron chi connectivity index (χ2n) is 4.97. The number of nitrogens with one attached hydrogen (secondary N) is 1. The zero-order valence-electron chi connectivity index (χ0n) is 10.6. The molecule has 1 amide bonds. The molecule has 5 nitrogen and oxygen atoms in total. The molecular weight excluding hydrogens is 252 g/mol. The van der Waals surface area contributed by atoms with Gasteiger partial charge in [-0.25, -0.2) is 4.79 Å². The van der Waals surface area contributed by atoms with Crippen molar-refractivity contribution in [2.24, 2.45) is 5.92 Å². The molecule has 102 valence electrons. The van der Waals surface area contributed by atoms with Gasteiger partial charge in [0.15, 0.2) is 0 Å². The zero-order chi connectivity index (χ0) is 13.1. The molecule has 2 rings (SSSR count). The first-order valence-electron chi connectivity index (χ1n) is 6.48. The van der Waals surface area contributed by atoms with Gasteiger partial charge in [0, 0.05) is 5.75 Å². The van der Waals surface area contributed by atoms with Crippen LogP contribution in [0.25, 0.3) is 0 Å². The van der Waals surface area contributed by atoms with Gasteiger partial charge in [-0.1, -0.05) is 13.3 Å². The molecule has 0 spiro atoms. The predicted octanol–water partition coefficient (Wildman–Crippen LogP) is 0.751. The molecule has 2 heterocycles. The minimum absolute atomic E-state index is 0.0365. The molecule has 0 aliphatic carbocycles. The molecule has 2 N–H and O–H groups in total. The van der Waals surface area contributed by atoms with Crippen LogP contribution in [-0.4, -0.2) is 52.1 Å². The standard InChI is InChI=1S/C12H20N2O3S/c1-2-8-3-4-13-9(5-8)11(15)14-7-18-6-10(14)12(16)17/h8-10,13H,2-7H2,1H3,(H,16,17)/t8?,9?,10-/m0/s1. The first-order valence-corrected chi connectivity index (χ1v) is 7.63. The maximum Gasteiger partial charge on any atom is 0.327 e. The van der Waals surface area contributed by atoms with Gasteiger partial charge in [-0.2, -0.15) is 0 Å². The van der Waals surface area contributed by atoms with Crippen molar-refractivity contribution >= 4 is 23.6 Å². The Bertz CT molecular complexity index is 337. The van der Waals surface area contributed by atoms with Gasteiger partial charge in [0.05, 0.1) is 11.9 Å². The number of carbonyl (C=O) groups is 2. The van der Waals surface area contributed by atoms with Crippen LogP contribution < -0.4 is 5.32 Å². The number of aliphatic carboxylic acids is 1. The molecule has 2 unspecified atom stereocenters. The molecule has 2 saturated heterocycles. The molecule has 3 atom stereocenters. The number of hydrogen-bond acceptors (Lipinski definition) is 4. The third-order valence-corrected chi connectivity index (χ3v) is 4.85. The molecule has 0 aromatic rings. The maximum absolute atomic E-state index is 12.4. The highest BCUT2D eigenvalue weighted by Gasteiger charge is 2.38. The fraction of sp³-hybridized carbons (Fsp3) is 0.833. The van der Waals surface area contributed by atoms with Crippen LogP contribution in [0.2, 0.25) is 0 Å². The van der Waals surface area contributed by atoms with Crippen LogP contribution >= 0.6 is 11.8 Å². The second kappa shape index (κ2) is 5.93. The molecule has 0 aromatic carbocycles. The van der Waals surface area contributed by atoms with E-state index in [1.165, 1.54) is 16.7 Å². The summed E-state index contributed by atoms with van der Waals surface area (Å²) in [5, 5.41) is 12.3. The van der Waals surface area contributed by atoms with Crippen molar-refractivity contribution in [1.82, 2.24) is 10.2 Å². The summed E-state index contributed by atoms with van der Waals surface area (Å²) >= 11 is 1.51. The van der Waals surface area contributed by atoms with E-state index in [1.54, 1.807) is 0 Å². The van der Waals surface area contributed by atoms with Crippen LogP contribution in [0.4, 0.5) is 0 Å². The number of carboxylic acids is 1. The molecule has 0 aromatic heterocycles. The summed E-state index contributed by atoms with van der Waals surface area (Å²) in [7, 11) is 0. The van der Waals surface area contributed by atoms with Gasteiger partial charge >= 0.3 is 5.97 Å². The molecule has 0 saturated carbocycles. The topological polar surface area (TPSA) is 69.6 Å². The fourth-order valence-corrected chi connectivity index (χ4v) is 3.77. The minimum atomic E-state index is -0.892. The normalized spacial score (nSPS) is 32.5. The van der Waals surface area contributed by atoms with E-state index in [0.29, 0.717) is 17.5 Å². The Morgan fingerprint density at radius 2 is 2.28 bits per heavy atom. The Balaban J connectivity index is 1.99. The van der Waals surface area contributed by atoms with Gasteiger partial charge in [-0.15, -0.1) is 11.8 Å². The molecule has 0 bridgehead atoms. The van der Waals surface area contributed by atoms with Crippen LogP contribution in [0.3, 0.4) is 0 Å². The van der Waals surface area contributed by atoms with Crippen molar-refractivity contribution in [2.45, 2.75) is 38.3 Å². The summed E-state index contributed by atoms with van der Waals surface area (Å²) in [6.07, 6.45) is 3.03. The highest BCUT2D eigenvalue weighted by atomic mass is 32.2. The largest absolute Gasteiger partial charge is 0.480 e. The van der Waals surface area contributed by atoms with Gasteiger partial charge in [0.25, 0.3) is 0 Å². The summed E-state index contributed by atoms with van der Waals surface area (Å²) in [6.45, 7) is 3.00. The number of piperidine rings is 1. The van der Waals surface area contributed by atoms with Crippen LogP contribution in [-0.2, 0) is 9.59 Å². The van der Waals surface area contributed by atoms with Gasteiger partial charge < -0.3 is 15.3 Å². The highest BCUT2D eigenvalue weighted by Crippen LogP contribution is 2.25. The van der Waals surface area contributed by atoms with Crippen molar-refractivity contribution in [3.8, 4) is 0 Å². The van der Waals surface area contributed by atoms with Crippen LogP contribution in [0.15, 0.2) is 0 Å². The highest BCUT2D eigenvalue weighted by molar-refractivity contribution is 7.99. The Morgan fingerprint density at radius 1 is 1.50 bits per heavy atom. The van der Waals surface area contributed by atoms with Crippen molar-refractivity contribution in [1.29, 1.82) is 0 Å². The van der Waals surface area contributed by atoms with E-state index < -0.39 is 12.0 Å². The molecule has 2 aliphatic heterocycles. The van der Waals surface area contributed by atoms with E-state index in [4.69, 9.17) is 5.11 Å². The maximum atomic E-state index is 12.4. The van der Waals surface area contributed by atoms with E-state index in [1.807, 2.05) is 0 Å². The van der Waals surface area contributed by atoms with E-state index in [-0.39, 0.29) is 11.9 Å². The van der Waals surface area contributed by atoms with Gasteiger partial charge in [-0.3, -0.25) is 4.79 Å². The van der Waals surface area contributed by atoms with Crippen LogP contribution in [0.1, 0.15) is 26.2 Å². The quantitative estimate of drug-likeness (QED) is 0.793. The Kier molecular flexibility index (Phi) is 4.50. The van der Waals surface area contributed by atoms with Gasteiger partial charge in [0.2, 0.25) is 5.91 Å². The number of nitrogens with zero attached hydrogens (tertiary/aromatic N) is 1. The Morgan fingerprint density at radius 3 is 2.94 bits per heavy atom. The molecule has 18 heavy (non-hydrogen) atoms. The summed E-state index contributed by atoms with van der Waals surface area (Å²) in [4.78, 5) is 25.0. The fourth-order valence-electron chi connectivity index (χ4n) is 2.62. The average Bonchev–Trinajstić information content (AvgIpc) is 2.87. The zero-order valence-corrected chi connectivity index (χ0v) is 11.4. The van der Waals surface area contributed by atoms with E-state index in [0.717, 1.165) is 25.8 Å².